The summed E-state index contributed by atoms with van der Waals surface area (Å²) >= 11 is 0. The average Bonchev–Trinajstić information content (AvgIpc) is 2.65. The van der Waals surface area contributed by atoms with Crippen LogP contribution < -0.4 is 10.6 Å². The van der Waals surface area contributed by atoms with E-state index in [0.29, 0.717) is 0 Å². The normalized spacial score (nSPS) is 13.8. The molecule has 0 aliphatic carbocycles. The monoisotopic (exact) mass is 262 g/mol. The Kier molecular flexibility index (Phi) is 4.03. The largest absolute Gasteiger partial charge is 0.389 e. The van der Waals surface area contributed by atoms with Crippen molar-refractivity contribution in [1.82, 2.24) is 4.48 Å². The van der Waals surface area contributed by atoms with Crippen LogP contribution in [-0.2, 0) is 0 Å². The van der Waals surface area contributed by atoms with Gasteiger partial charge in [0.15, 0.2) is 0 Å². The molecule has 0 aliphatic rings. The molecule has 0 N–H and O–H groups in total. The lowest BCUT2D eigenvalue weighted by molar-refractivity contribution is 0.740. The fourth-order valence-corrected chi connectivity index (χ4v) is 2.41. The van der Waals surface area contributed by atoms with Gasteiger partial charge in [0.2, 0.25) is 0 Å². The lowest BCUT2D eigenvalue weighted by Gasteiger charge is -2.18. The van der Waals surface area contributed by atoms with Crippen LogP contribution in [0.25, 0.3) is 23.1 Å². The van der Waals surface area contributed by atoms with Crippen LogP contribution in [0, 0.1) is 0 Å². The molecule has 0 atom stereocenters. The highest BCUT2D eigenvalue weighted by atomic mass is 14.9. The molecule has 0 bridgehead atoms. The molecule has 101 valence electrons. The molecule has 0 amide bonds. The SMILES string of the molecule is C=C/C=c1\c(=C/C=C)n([B]C(C)(C)C)c2ccccc12. The van der Waals surface area contributed by atoms with E-state index in [0.717, 1.165) is 5.35 Å². The fraction of sp³-hybridized carbons (Fsp3) is 0.222. The van der Waals surface area contributed by atoms with Crippen LogP contribution in [-0.4, -0.2) is 11.9 Å². The van der Waals surface area contributed by atoms with Gasteiger partial charge in [0.1, 0.15) is 0 Å². The summed E-state index contributed by atoms with van der Waals surface area (Å²) in [5.41, 5.74) is 1.21. The van der Waals surface area contributed by atoms with E-state index in [9.17, 15) is 0 Å². The summed E-state index contributed by atoms with van der Waals surface area (Å²) in [5.74, 6) is 0. The molecule has 0 saturated heterocycles. The number of fused-ring (bicyclic) bond motifs is 1. The second kappa shape index (κ2) is 5.58. The Morgan fingerprint density at radius 1 is 1.05 bits per heavy atom. The minimum atomic E-state index is 0.0942. The predicted molar refractivity (Wildman–Crippen MR) is 91.4 cm³/mol. The maximum absolute atomic E-state index is 3.84. The standard InChI is InChI=1S/C18H21BN/c1-6-10-14-15-12-8-9-13-17(15)20(16(14)11-7-2)19-18(3,4)5/h6-13H,1-2H2,3-5H3/b14-10-,16-11+. The Bertz CT molecular complexity index is 757. The fourth-order valence-electron chi connectivity index (χ4n) is 2.41. The van der Waals surface area contributed by atoms with Gasteiger partial charge in [-0.25, -0.2) is 0 Å². The van der Waals surface area contributed by atoms with Crippen LogP contribution in [0.4, 0.5) is 0 Å². The first-order valence-corrected chi connectivity index (χ1v) is 6.88. The predicted octanol–water partition coefficient (Wildman–Crippen LogP) is 3.26. The molecule has 1 radical (unpaired) electrons. The molecule has 1 nitrogen and oxygen atoms in total. The molecule has 0 aliphatic heterocycles. The second-order valence-corrected chi connectivity index (χ2v) is 5.99. The Morgan fingerprint density at radius 2 is 1.70 bits per heavy atom. The van der Waals surface area contributed by atoms with Gasteiger partial charge in [-0.15, -0.1) is 0 Å². The van der Waals surface area contributed by atoms with Crippen molar-refractivity contribution < 1.29 is 0 Å². The van der Waals surface area contributed by atoms with Crippen LogP contribution in [0.5, 0.6) is 0 Å². The summed E-state index contributed by atoms with van der Waals surface area (Å²) in [6.45, 7) is 14.3. The molecule has 0 saturated carbocycles. The van der Waals surface area contributed by atoms with E-state index in [2.05, 4.69) is 82.2 Å². The zero-order valence-electron chi connectivity index (χ0n) is 12.6. The highest BCUT2D eigenvalue weighted by molar-refractivity contribution is 6.39. The summed E-state index contributed by atoms with van der Waals surface area (Å²) in [6, 6.07) is 8.45. The summed E-state index contributed by atoms with van der Waals surface area (Å²) in [4.78, 5) is 0. The second-order valence-electron chi connectivity index (χ2n) is 5.99. The van der Waals surface area contributed by atoms with Gasteiger partial charge in [0.25, 0.3) is 7.41 Å². The minimum Gasteiger partial charge on any atom is -0.389 e. The van der Waals surface area contributed by atoms with Gasteiger partial charge >= 0.3 is 0 Å². The van der Waals surface area contributed by atoms with Crippen molar-refractivity contribution in [1.29, 1.82) is 0 Å². The van der Waals surface area contributed by atoms with Gasteiger partial charge in [-0.05, 0) is 17.5 Å². The van der Waals surface area contributed by atoms with Crippen LogP contribution in [0.2, 0.25) is 5.31 Å². The van der Waals surface area contributed by atoms with Crippen molar-refractivity contribution in [2.75, 3.05) is 0 Å². The molecule has 0 unspecified atom stereocenters. The van der Waals surface area contributed by atoms with Gasteiger partial charge in [-0.2, -0.15) is 0 Å². The first-order valence-electron chi connectivity index (χ1n) is 6.88. The zero-order valence-corrected chi connectivity index (χ0v) is 12.6. The molecule has 1 aromatic heterocycles. The first kappa shape index (κ1) is 14.5. The van der Waals surface area contributed by atoms with E-state index in [1.165, 1.54) is 16.1 Å². The number of hydrogen-bond acceptors (Lipinski definition) is 0. The summed E-state index contributed by atoms with van der Waals surface area (Å²) in [7, 11) is 2.26. The number of hydrogen-bond donors (Lipinski definition) is 0. The van der Waals surface area contributed by atoms with Crippen molar-refractivity contribution in [2.45, 2.75) is 26.1 Å². The molecule has 2 heteroatoms. The molecule has 1 aromatic carbocycles. The molecule has 0 fully saturated rings. The zero-order chi connectivity index (χ0) is 14.8. The van der Waals surface area contributed by atoms with Crippen LogP contribution >= 0.6 is 0 Å². The van der Waals surface area contributed by atoms with E-state index < -0.39 is 0 Å². The van der Waals surface area contributed by atoms with E-state index in [1.54, 1.807) is 0 Å². The van der Waals surface area contributed by atoms with E-state index >= 15 is 0 Å². The van der Waals surface area contributed by atoms with Crippen molar-refractivity contribution in [3.63, 3.8) is 0 Å². The van der Waals surface area contributed by atoms with Crippen LogP contribution in [0.1, 0.15) is 20.8 Å². The van der Waals surface area contributed by atoms with E-state index in [4.69, 9.17) is 0 Å². The quantitative estimate of drug-likeness (QED) is 0.748. The summed E-state index contributed by atoms with van der Waals surface area (Å²) in [5, 5.41) is 3.67. The highest BCUT2D eigenvalue weighted by Crippen LogP contribution is 2.21. The molecule has 2 rings (SSSR count). The number of benzene rings is 1. The molecule has 20 heavy (non-hydrogen) atoms. The number of nitrogens with zero attached hydrogens (tertiary/aromatic N) is 1. The van der Waals surface area contributed by atoms with Crippen molar-refractivity contribution in [3.05, 3.63) is 60.1 Å². The summed E-state index contributed by atoms with van der Waals surface area (Å²) in [6.07, 6.45) is 7.79. The maximum atomic E-state index is 3.84. The van der Waals surface area contributed by atoms with Gasteiger partial charge in [0, 0.05) is 21.5 Å². The van der Waals surface area contributed by atoms with E-state index in [1.807, 2.05) is 12.2 Å². The van der Waals surface area contributed by atoms with Crippen LogP contribution in [0.3, 0.4) is 0 Å². The Labute approximate surface area is 121 Å². The third kappa shape index (κ3) is 2.80. The number of aromatic nitrogens is 1. The average molecular weight is 262 g/mol. The number of para-hydroxylation sites is 1. The Hall–Kier alpha value is -1.96. The first-order chi connectivity index (χ1) is 9.48. The van der Waals surface area contributed by atoms with Gasteiger partial charge in [-0.1, -0.05) is 70.4 Å². The topological polar surface area (TPSA) is 4.93 Å². The minimum absolute atomic E-state index is 0.0942. The molecule has 1 heterocycles. The number of allylic oxidation sites excluding steroid dienone is 2. The van der Waals surface area contributed by atoms with Crippen molar-refractivity contribution in [2.24, 2.45) is 0 Å². The third-order valence-corrected chi connectivity index (χ3v) is 3.07. The van der Waals surface area contributed by atoms with Gasteiger partial charge in [-0.3, -0.25) is 0 Å². The van der Waals surface area contributed by atoms with Crippen molar-refractivity contribution >= 4 is 30.5 Å². The maximum Gasteiger partial charge on any atom is 0.258 e. The molecule has 2 aromatic rings. The number of rotatable bonds is 3. The lowest BCUT2D eigenvalue weighted by atomic mass is 9.64. The highest BCUT2D eigenvalue weighted by Gasteiger charge is 2.17. The molecular formula is C18H21BN. The third-order valence-electron chi connectivity index (χ3n) is 3.07. The van der Waals surface area contributed by atoms with E-state index in [-0.39, 0.29) is 5.31 Å². The van der Waals surface area contributed by atoms with Gasteiger partial charge in [0.05, 0.1) is 0 Å². The molecular weight excluding hydrogens is 241 g/mol. The van der Waals surface area contributed by atoms with Crippen molar-refractivity contribution in [3.8, 4) is 0 Å². The van der Waals surface area contributed by atoms with Gasteiger partial charge < -0.3 is 4.48 Å². The molecule has 0 spiro atoms. The Morgan fingerprint density at radius 3 is 2.30 bits per heavy atom. The Balaban J connectivity index is 2.95. The summed E-state index contributed by atoms with van der Waals surface area (Å²) < 4.78 is 2.26. The smallest absolute Gasteiger partial charge is 0.258 e. The van der Waals surface area contributed by atoms with Crippen LogP contribution in [0.15, 0.2) is 49.6 Å². The lowest BCUT2D eigenvalue weighted by Crippen LogP contribution is -2.34.